The van der Waals surface area contributed by atoms with Crippen LogP contribution in [0.2, 0.25) is 5.02 Å². The van der Waals surface area contributed by atoms with Crippen LogP contribution in [-0.4, -0.2) is 11.8 Å². The van der Waals surface area contributed by atoms with Crippen LogP contribution < -0.4 is 10.9 Å². The lowest BCUT2D eigenvalue weighted by molar-refractivity contribution is -0.148. The van der Waals surface area contributed by atoms with Crippen LogP contribution in [0.1, 0.15) is 44.1 Å². The normalized spacial score (nSPS) is 32.5. The molecule has 5 rings (SSSR count). The Morgan fingerprint density at radius 3 is 2.24 bits per heavy atom. The number of hydrazine groups is 1. The number of carbonyl (C=O) groups is 2. The van der Waals surface area contributed by atoms with Crippen LogP contribution in [0, 0.1) is 29.0 Å². The zero-order chi connectivity index (χ0) is 17.6. The average molecular weight is 365 g/mol. The van der Waals surface area contributed by atoms with Crippen LogP contribution >= 0.6 is 11.6 Å². The molecule has 4 aliphatic rings. The Morgan fingerprint density at radius 2 is 1.68 bits per heavy atom. The second-order valence-electron chi connectivity index (χ2n) is 8.08. The van der Waals surface area contributed by atoms with E-state index in [1.165, 1.54) is 31.4 Å². The molecule has 2 amide bonds. The van der Waals surface area contributed by atoms with E-state index in [0.717, 1.165) is 19.3 Å². The van der Waals surface area contributed by atoms with Crippen molar-refractivity contribution in [3.63, 3.8) is 0 Å². The lowest BCUT2D eigenvalue weighted by Gasteiger charge is -2.55. The number of amides is 2. The Kier molecular flexibility index (Phi) is 4.22. The van der Waals surface area contributed by atoms with Gasteiger partial charge in [-0.2, -0.15) is 0 Å². The number of carbonyl (C=O) groups excluding carboxylic acids is 2. The molecule has 0 aromatic heterocycles. The standard InChI is InChI=1S/C19H22ClFN2O2/c20-15-2-1-3-16(21)14(15)7-17(24)22-23-18(25)19-8-11-4-12(9-19)6-13(5-11)10-19/h1-3,11-13H,4-10H2,(H,22,24)(H,23,25). The number of halogens is 2. The highest BCUT2D eigenvalue weighted by molar-refractivity contribution is 6.31. The zero-order valence-corrected chi connectivity index (χ0v) is 14.7. The van der Waals surface area contributed by atoms with Crippen molar-refractivity contribution < 1.29 is 14.0 Å². The maximum atomic E-state index is 13.8. The Bertz CT molecular complexity index is 666. The van der Waals surface area contributed by atoms with Crippen LogP contribution in [0.4, 0.5) is 4.39 Å². The molecule has 4 nitrogen and oxygen atoms in total. The van der Waals surface area contributed by atoms with Crippen LogP contribution in [0.25, 0.3) is 0 Å². The lowest BCUT2D eigenvalue weighted by atomic mass is 9.49. The highest BCUT2D eigenvalue weighted by atomic mass is 35.5. The van der Waals surface area contributed by atoms with Gasteiger partial charge in [-0.05, 0) is 68.4 Å². The predicted octanol–water partition coefficient (Wildman–Crippen LogP) is 3.39. The third-order valence-electron chi connectivity index (χ3n) is 6.23. The summed E-state index contributed by atoms with van der Waals surface area (Å²) < 4.78 is 13.8. The molecule has 0 aliphatic heterocycles. The van der Waals surface area contributed by atoms with E-state index >= 15 is 0 Å². The molecule has 4 bridgehead atoms. The van der Waals surface area contributed by atoms with Crippen molar-refractivity contribution in [2.45, 2.75) is 44.9 Å². The molecule has 0 atom stereocenters. The molecule has 0 spiro atoms. The molecule has 0 radical (unpaired) electrons. The maximum absolute atomic E-state index is 13.8. The van der Waals surface area contributed by atoms with Crippen molar-refractivity contribution in [3.8, 4) is 0 Å². The van der Waals surface area contributed by atoms with E-state index in [1.807, 2.05) is 0 Å². The van der Waals surface area contributed by atoms with E-state index in [9.17, 15) is 14.0 Å². The van der Waals surface area contributed by atoms with Gasteiger partial charge < -0.3 is 0 Å². The summed E-state index contributed by atoms with van der Waals surface area (Å²) in [5.41, 5.74) is 4.86. The Hall–Kier alpha value is -1.62. The van der Waals surface area contributed by atoms with Gasteiger partial charge in [0.05, 0.1) is 11.8 Å². The number of hydrogen-bond donors (Lipinski definition) is 2. The molecular weight excluding hydrogens is 343 g/mol. The monoisotopic (exact) mass is 364 g/mol. The van der Waals surface area contributed by atoms with Gasteiger partial charge >= 0.3 is 0 Å². The third-order valence-corrected chi connectivity index (χ3v) is 6.59. The fraction of sp³-hybridized carbons (Fsp3) is 0.579. The smallest absolute Gasteiger partial charge is 0.244 e. The lowest BCUT2D eigenvalue weighted by Crippen LogP contribution is -2.56. The SMILES string of the molecule is O=C(Cc1c(F)cccc1Cl)NNC(=O)C12CC3CC(CC(C3)C1)C2. The maximum Gasteiger partial charge on any atom is 0.244 e. The summed E-state index contributed by atoms with van der Waals surface area (Å²) in [5.74, 6) is 0.902. The van der Waals surface area contributed by atoms with E-state index in [-0.39, 0.29) is 28.3 Å². The molecule has 0 heterocycles. The van der Waals surface area contributed by atoms with Crippen molar-refractivity contribution in [3.05, 3.63) is 34.6 Å². The first-order valence-electron chi connectivity index (χ1n) is 8.97. The van der Waals surface area contributed by atoms with Gasteiger partial charge in [0.1, 0.15) is 5.82 Å². The predicted molar refractivity (Wildman–Crippen MR) is 92.0 cm³/mol. The number of nitrogens with one attached hydrogen (secondary N) is 2. The van der Waals surface area contributed by atoms with Gasteiger partial charge in [0.25, 0.3) is 0 Å². The van der Waals surface area contributed by atoms with Crippen LogP contribution in [0.5, 0.6) is 0 Å². The van der Waals surface area contributed by atoms with Crippen molar-refractivity contribution >= 4 is 23.4 Å². The van der Waals surface area contributed by atoms with Crippen molar-refractivity contribution in [1.29, 1.82) is 0 Å². The quantitative estimate of drug-likeness (QED) is 0.808. The molecule has 1 aromatic rings. The Labute approximate surface area is 151 Å². The first-order chi connectivity index (χ1) is 11.9. The van der Waals surface area contributed by atoms with Crippen molar-refractivity contribution in [2.75, 3.05) is 0 Å². The minimum absolute atomic E-state index is 0.0837. The van der Waals surface area contributed by atoms with E-state index < -0.39 is 11.7 Å². The van der Waals surface area contributed by atoms with E-state index in [4.69, 9.17) is 11.6 Å². The Morgan fingerprint density at radius 1 is 1.08 bits per heavy atom. The summed E-state index contributed by atoms with van der Waals surface area (Å²) in [6.07, 6.45) is 6.35. The third kappa shape index (κ3) is 3.14. The first kappa shape index (κ1) is 16.8. The number of rotatable bonds is 3. The average Bonchev–Trinajstić information content (AvgIpc) is 2.55. The van der Waals surface area contributed by atoms with Gasteiger partial charge in [-0.25, -0.2) is 4.39 Å². The molecule has 6 heteroatoms. The topological polar surface area (TPSA) is 58.2 Å². The molecule has 25 heavy (non-hydrogen) atoms. The molecule has 0 unspecified atom stereocenters. The highest BCUT2D eigenvalue weighted by Gasteiger charge is 2.54. The van der Waals surface area contributed by atoms with Gasteiger partial charge in [0.2, 0.25) is 11.8 Å². The van der Waals surface area contributed by atoms with Gasteiger partial charge in [-0.15, -0.1) is 0 Å². The van der Waals surface area contributed by atoms with Crippen LogP contribution in [-0.2, 0) is 16.0 Å². The Balaban J connectivity index is 1.37. The summed E-state index contributed by atoms with van der Waals surface area (Å²) in [6, 6.07) is 4.30. The van der Waals surface area contributed by atoms with Gasteiger partial charge in [0, 0.05) is 10.6 Å². The first-order valence-corrected chi connectivity index (χ1v) is 9.35. The summed E-state index contributed by atoms with van der Waals surface area (Å²) in [5, 5.41) is 0.211. The molecule has 4 fully saturated rings. The second kappa shape index (κ2) is 6.27. The summed E-state index contributed by atoms with van der Waals surface area (Å²) in [6.45, 7) is 0. The van der Waals surface area contributed by atoms with Crippen molar-refractivity contribution in [1.82, 2.24) is 10.9 Å². The molecule has 0 saturated heterocycles. The summed E-state index contributed by atoms with van der Waals surface area (Å²) >= 11 is 5.94. The summed E-state index contributed by atoms with van der Waals surface area (Å²) in [7, 11) is 0. The molecular formula is C19H22ClFN2O2. The van der Waals surface area contributed by atoms with Crippen LogP contribution in [0.3, 0.4) is 0 Å². The van der Waals surface area contributed by atoms with Crippen molar-refractivity contribution in [2.24, 2.45) is 23.2 Å². The van der Waals surface area contributed by atoms with E-state index in [1.54, 1.807) is 6.07 Å². The van der Waals surface area contributed by atoms with Gasteiger partial charge in [-0.3, -0.25) is 20.4 Å². The highest BCUT2D eigenvalue weighted by Crippen LogP contribution is 2.60. The second-order valence-corrected chi connectivity index (χ2v) is 8.48. The molecule has 1 aromatic carbocycles. The van der Waals surface area contributed by atoms with Gasteiger partial charge in [0.15, 0.2) is 0 Å². The zero-order valence-electron chi connectivity index (χ0n) is 14.0. The fourth-order valence-corrected chi connectivity index (χ4v) is 5.78. The molecule has 2 N–H and O–H groups in total. The molecule has 4 saturated carbocycles. The van der Waals surface area contributed by atoms with E-state index in [0.29, 0.717) is 17.8 Å². The minimum atomic E-state index is -0.518. The van der Waals surface area contributed by atoms with Crippen LogP contribution in [0.15, 0.2) is 18.2 Å². The molecule has 134 valence electrons. The largest absolute Gasteiger partial charge is 0.273 e. The minimum Gasteiger partial charge on any atom is -0.273 e. The fourth-order valence-electron chi connectivity index (χ4n) is 5.55. The van der Waals surface area contributed by atoms with E-state index in [2.05, 4.69) is 10.9 Å². The van der Waals surface area contributed by atoms with Gasteiger partial charge in [-0.1, -0.05) is 17.7 Å². The number of benzene rings is 1. The summed E-state index contributed by atoms with van der Waals surface area (Å²) in [4.78, 5) is 24.9. The number of hydrogen-bond acceptors (Lipinski definition) is 2. The molecule has 4 aliphatic carbocycles.